The molecule has 0 spiro atoms. The number of aliphatic hydroxyl groups is 1. The van der Waals surface area contributed by atoms with Crippen molar-refractivity contribution in [2.75, 3.05) is 4.72 Å². The fraction of sp³-hybridized carbons (Fsp3) is 0.136. The molecule has 180 valence electrons. The minimum Gasteiger partial charge on any atom is -0.370 e. The number of hydrazone groups is 1. The number of aliphatic imine (C=N–C) groups is 1. The van der Waals surface area contributed by atoms with E-state index in [0.29, 0.717) is 20.7 Å². The number of benzene rings is 2. The third-order valence-corrected chi connectivity index (χ3v) is 7.95. The first-order valence-electron chi connectivity index (χ1n) is 10.1. The quantitative estimate of drug-likeness (QED) is 0.294. The molecule has 10 nitrogen and oxygen atoms in total. The predicted octanol–water partition coefficient (Wildman–Crippen LogP) is 3.81. The van der Waals surface area contributed by atoms with Crippen molar-refractivity contribution in [1.29, 1.82) is 0 Å². The van der Waals surface area contributed by atoms with Gasteiger partial charge in [-0.3, -0.25) is 9.79 Å². The molecule has 0 aliphatic carbocycles. The number of carbonyl (C=O) groups excluding carboxylic acids is 1. The maximum absolute atomic E-state index is 12.8. The maximum Gasteiger partial charge on any atom is 0.276 e. The molecule has 2 atom stereocenters. The summed E-state index contributed by atoms with van der Waals surface area (Å²) in [5.41, 5.74) is 1.42. The van der Waals surface area contributed by atoms with Gasteiger partial charge >= 0.3 is 0 Å². The van der Waals surface area contributed by atoms with E-state index >= 15 is 0 Å². The van der Waals surface area contributed by atoms with Gasteiger partial charge in [-0.15, -0.1) is 0 Å². The normalized spacial score (nSPS) is 18.3. The highest BCUT2D eigenvalue weighted by Gasteiger charge is 2.40. The number of aromatic nitrogens is 2. The van der Waals surface area contributed by atoms with Crippen LogP contribution in [-0.2, 0) is 10.0 Å². The number of sulfonamides is 1. The number of anilines is 1. The maximum atomic E-state index is 12.8. The molecule has 0 saturated heterocycles. The largest absolute Gasteiger partial charge is 0.370 e. The Labute approximate surface area is 228 Å². The number of nitrogens with zero attached hydrogens (tertiary/aromatic N) is 5. The minimum atomic E-state index is -3.87. The van der Waals surface area contributed by atoms with E-state index in [-0.39, 0.29) is 10.8 Å². The van der Waals surface area contributed by atoms with Gasteiger partial charge in [0, 0.05) is 27.2 Å². The third-order valence-electron chi connectivity index (χ3n) is 5.00. The van der Waals surface area contributed by atoms with Gasteiger partial charge in [-0.2, -0.15) is 10.1 Å². The first kappa shape index (κ1) is 25.6. The molecule has 4 rings (SSSR count). The monoisotopic (exact) mass is 716 g/mol. The Morgan fingerprint density at radius 2 is 1.69 bits per heavy atom. The smallest absolute Gasteiger partial charge is 0.276 e. The van der Waals surface area contributed by atoms with Crippen molar-refractivity contribution in [2.45, 2.75) is 18.0 Å². The lowest BCUT2D eigenvalue weighted by atomic mass is 10.0. The van der Waals surface area contributed by atoms with Crippen LogP contribution >= 0.6 is 45.2 Å². The van der Waals surface area contributed by atoms with Gasteiger partial charge < -0.3 is 5.11 Å². The third kappa shape index (κ3) is 5.84. The standard InChI is InChI=1S/C22H18I2N6O4S/c1-13(18-19(24)28-30(21(18)32)20(31)14-3-5-15(23)6-4-14)27-16-7-9-17(10-8-16)35(33,34)29-22-25-11-2-12-26-22/h2-12,18,21,32H,1H3,(H,25,26,29). The lowest BCUT2D eigenvalue weighted by Gasteiger charge is -2.21. The van der Waals surface area contributed by atoms with Crippen LogP contribution in [0.1, 0.15) is 17.3 Å². The Kier molecular flexibility index (Phi) is 7.77. The Morgan fingerprint density at radius 1 is 1.06 bits per heavy atom. The molecule has 0 fully saturated rings. The molecule has 2 heterocycles. The van der Waals surface area contributed by atoms with E-state index in [1.807, 2.05) is 22.6 Å². The first-order chi connectivity index (χ1) is 16.7. The van der Waals surface area contributed by atoms with E-state index in [0.717, 1.165) is 8.58 Å². The number of amides is 1. The molecule has 1 aliphatic rings. The van der Waals surface area contributed by atoms with E-state index in [4.69, 9.17) is 0 Å². The second kappa shape index (κ2) is 10.6. The second-order valence-corrected chi connectivity index (χ2v) is 11.4. The van der Waals surface area contributed by atoms with Crippen LogP contribution < -0.4 is 4.72 Å². The summed E-state index contributed by atoms with van der Waals surface area (Å²) in [7, 11) is -3.87. The van der Waals surface area contributed by atoms with Crippen molar-refractivity contribution in [3.05, 3.63) is 76.1 Å². The van der Waals surface area contributed by atoms with Crippen LogP contribution in [0.4, 0.5) is 11.6 Å². The highest BCUT2D eigenvalue weighted by Crippen LogP contribution is 2.29. The number of hydrogen-bond acceptors (Lipinski definition) is 8. The van der Waals surface area contributed by atoms with Gasteiger partial charge in [-0.05, 0) is 107 Å². The molecule has 0 saturated carbocycles. The SMILES string of the molecule is CC(=Nc1ccc(S(=O)(=O)Nc2ncccn2)cc1)C1C(I)=NN(C(=O)c2ccc(I)cc2)C1O. The molecule has 1 aliphatic heterocycles. The predicted molar refractivity (Wildman–Crippen MR) is 148 cm³/mol. The second-order valence-electron chi connectivity index (χ2n) is 7.40. The highest BCUT2D eigenvalue weighted by molar-refractivity contribution is 14.1. The lowest BCUT2D eigenvalue weighted by molar-refractivity contribution is 0.0131. The van der Waals surface area contributed by atoms with Crippen LogP contribution in [0, 0.1) is 9.49 Å². The van der Waals surface area contributed by atoms with Crippen LogP contribution in [0.2, 0.25) is 0 Å². The number of carbonyl (C=O) groups is 1. The van der Waals surface area contributed by atoms with E-state index in [9.17, 15) is 18.3 Å². The van der Waals surface area contributed by atoms with Crippen LogP contribution in [-0.4, -0.2) is 50.1 Å². The van der Waals surface area contributed by atoms with Gasteiger partial charge in [-0.1, -0.05) is 0 Å². The Balaban J connectivity index is 1.49. The van der Waals surface area contributed by atoms with E-state index in [1.165, 1.54) is 24.5 Å². The van der Waals surface area contributed by atoms with Gasteiger partial charge in [0.05, 0.1) is 16.5 Å². The number of halogens is 2. The average Bonchev–Trinajstić information content (AvgIpc) is 3.13. The molecule has 3 aromatic rings. The van der Waals surface area contributed by atoms with Crippen LogP contribution in [0.5, 0.6) is 0 Å². The van der Waals surface area contributed by atoms with Gasteiger partial charge in [-0.25, -0.2) is 23.1 Å². The Hall–Kier alpha value is -2.50. The molecule has 13 heteroatoms. The molecule has 0 bridgehead atoms. The van der Waals surface area contributed by atoms with Gasteiger partial charge in [0.1, 0.15) is 3.72 Å². The minimum absolute atomic E-state index is 0.0212. The van der Waals surface area contributed by atoms with Gasteiger partial charge in [0.25, 0.3) is 15.9 Å². The number of rotatable bonds is 6. The van der Waals surface area contributed by atoms with Gasteiger partial charge in [0.15, 0.2) is 6.23 Å². The lowest BCUT2D eigenvalue weighted by Crippen LogP contribution is -2.39. The van der Waals surface area contributed by atoms with E-state index in [1.54, 1.807) is 49.4 Å². The fourth-order valence-electron chi connectivity index (χ4n) is 3.27. The summed E-state index contributed by atoms with van der Waals surface area (Å²) in [6.45, 7) is 1.72. The van der Waals surface area contributed by atoms with Crippen molar-refractivity contribution in [2.24, 2.45) is 16.0 Å². The Morgan fingerprint density at radius 3 is 2.31 bits per heavy atom. The summed E-state index contributed by atoms with van der Waals surface area (Å²) in [6, 6.07) is 14.5. The summed E-state index contributed by atoms with van der Waals surface area (Å²) in [6.07, 6.45) is 1.65. The number of aliphatic hydroxyl groups excluding tert-OH is 1. The Bertz CT molecular complexity index is 1400. The topological polar surface area (TPSA) is 137 Å². The van der Waals surface area contributed by atoms with Gasteiger partial charge in [0.2, 0.25) is 5.95 Å². The fourth-order valence-corrected chi connectivity index (χ4v) is 5.59. The van der Waals surface area contributed by atoms with Crippen LogP contribution in [0.3, 0.4) is 0 Å². The summed E-state index contributed by atoms with van der Waals surface area (Å²) >= 11 is 4.13. The van der Waals surface area contributed by atoms with E-state index < -0.39 is 28.1 Å². The molecule has 1 amide bonds. The molecule has 0 radical (unpaired) electrons. The van der Waals surface area contributed by atoms with Crippen molar-refractivity contribution >= 4 is 82.2 Å². The van der Waals surface area contributed by atoms with Crippen molar-refractivity contribution in [3.8, 4) is 0 Å². The zero-order valence-corrected chi connectivity index (χ0v) is 23.2. The molecule has 2 unspecified atom stereocenters. The van der Waals surface area contributed by atoms with Crippen LogP contribution in [0.25, 0.3) is 0 Å². The summed E-state index contributed by atoms with van der Waals surface area (Å²) < 4.78 is 28.9. The zero-order chi connectivity index (χ0) is 25.2. The summed E-state index contributed by atoms with van der Waals surface area (Å²) in [5.74, 6) is -1.05. The molecule has 1 aromatic heterocycles. The van der Waals surface area contributed by atoms with Crippen molar-refractivity contribution < 1.29 is 18.3 Å². The average molecular weight is 716 g/mol. The highest BCUT2D eigenvalue weighted by atomic mass is 127. The molecular formula is C22H18I2N6O4S. The summed E-state index contributed by atoms with van der Waals surface area (Å²) in [4.78, 5) is 25.1. The van der Waals surface area contributed by atoms with E-state index in [2.05, 4.69) is 47.4 Å². The number of nitrogens with one attached hydrogen (secondary N) is 1. The zero-order valence-electron chi connectivity index (χ0n) is 18.1. The first-order valence-corrected chi connectivity index (χ1v) is 13.8. The van der Waals surface area contributed by atoms with Crippen molar-refractivity contribution in [3.63, 3.8) is 0 Å². The van der Waals surface area contributed by atoms with Crippen LogP contribution in [0.15, 0.2) is 82.0 Å². The summed E-state index contributed by atoms with van der Waals surface area (Å²) in [5, 5.41) is 16.2. The molecular weight excluding hydrogens is 698 g/mol. The molecule has 35 heavy (non-hydrogen) atoms. The van der Waals surface area contributed by atoms with Crippen molar-refractivity contribution in [1.82, 2.24) is 15.0 Å². The number of hydrogen-bond donors (Lipinski definition) is 2. The molecule has 2 N–H and O–H groups in total. The molecule has 2 aromatic carbocycles.